The first kappa shape index (κ1) is 16.7. The number of hydrogen-bond donors (Lipinski definition) is 0. The largest absolute Gasteiger partial charge is 0.455 e. The van der Waals surface area contributed by atoms with Crippen LogP contribution in [0.1, 0.15) is 34.1 Å². The smallest absolute Gasteiger partial charge is 0.355 e. The van der Waals surface area contributed by atoms with Crippen LogP contribution in [0.5, 0.6) is 0 Å². The van der Waals surface area contributed by atoms with Crippen molar-refractivity contribution in [3.63, 3.8) is 0 Å². The molecule has 122 valence electrons. The number of ether oxygens (including phenoxy) is 1. The molecular weight excluding hydrogens is 302 g/mol. The molecule has 1 saturated heterocycles. The highest BCUT2D eigenvalue weighted by Crippen LogP contribution is 2.45. The molecule has 0 N–H and O–H groups in total. The van der Waals surface area contributed by atoms with Crippen LogP contribution in [-0.2, 0) is 14.3 Å². The average Bonchev–Trinajstić information content (AvgIpc) is 2.44. The maximum Gasteiger partial charge on any atom is 0.355 e. The average molecular weight is 319 g/mol. The monoisotopic (exact) mass is 319 g/mol. The van der Waals surface area contributed by atoms with Crippen molar-refractivity contribution in [3.05, 3.63) is 32.7 Å². The molecule has 2 aliphatic rings. The molecule has 0 aromatic rings. The van der Waals surface area contributed by atoms with E-state index in [0.717, 1.165) is 0 Å². The third kappa shape index (κ3) is 2.69. The standard InChI is InChI=1S/C13H17N7O3/c1-7-5-8(10(21)23-12(2,3)4)20-9(6-7)13(11(20)22,16-18-14)17-19-15/h5,7,9H,6H2,1-4H3/t7-,9-/m1/s1. The van der Waals surface area contributed by atoms with Crippen LogP contribution in [0.25, 0.3) is 20.9 Å². The Morgan fingerprint density at radius 1 is 1.39 bits per heavy atom. The summed E-state index contributed by atoms with van der Waals surface area (Å²) in [7, 11) is 0. The number of hydrogen-bond acceptors (Lipinski definition) is 5. The Hall–Kier alpha value is -2.70. The van der Waals surface area contributed by atoms with Gasteiger partial charge in [-0.1, -0.05) is 23.2 Å². The maximum atomic E-state index is 12.4. The van der Waals surface area contributed by atoms with Crippen LogP contribution in [0.4, 0.5) is 0 Å². The van der Waals surface area contributed by atoms with E-state index in [1.807, 2.05) is 6.92 Å². The van der Waals surface area contributed by atoms with Gasteiger partial charge in [0.15, 0.2) is 0 Å². The van der Waals surface area contributed by atoms with Crippen LogP contribution in [0.3, 0.4) is 0 Å². The Morgan fingerprint density at radius 3 is 2.43 bits per heavy atom. The van der Waals surface area contributed by atoms with Gasteiger partial charge in [-0.2, -0.15) is 0 Å². The lowest BCUT2D eigenvalue weighted by Gasteiger charge is -2.54. The van der Waals surface area contributed by atoms with Crippen LogP contribution in [0.2, 0.25) is 0 Å². The molecule has 0 aromatic carbocycles. The number of β-lactam (4-membered cyclic amide) rings is 1. The number of amides is 1. The number of nitrogens with zero attached hydrogens (tertiary/aromatic N) is 7. The lowest BCUT2D eigenvalue weighted by Crippen LogP contribution is -2.73. The summed E-state index contributed by atoms with van der Waals surface area (Å²) in [6, 6.07) is -0.690. The number of rotatable bonds is 3. The minimum absolute atomic E-state index is 0.0750. The van der Waals surface area contributed by atoms with Gasteiger partial charge in [-0.25, -0.2) is 4.79 Å². The zero-order valence-electron chi connectivity index (χ0n) is 13.3. The van der Waals surface area contributed by atoms with Gasteiger partial charge in [0.05, 0.1) is 6.04 Å². The molecular formula is C13H17N7O3. The molecule has 0 unspecified atom stereocenters. The zero-order valence-corrected chi connectivity index (χ0v) is 13.3. The summed E-state index contributed by atoms with van der Waals surface area (Å²) >= 11 is 0. The van der Waals surface area contributed by atoms with Crippen LogP contribution in [0.15, 0.2) is 22.0 Å². The van der Waals surface area contributed by atoms with Crippen molar-refractivity contribution >= 4 is 11.9 Å². The number of esters is 1. The molecule has 2 heterocycles. The van der Waals surface area contributed by atoms with E-state index in [0.29, 0.717) is 6.42 Å². The first-order valence-corrected chi connectivity index (χ1v) is 7.07. The van der Waals surface area contributed by atoms with Crippen molar-refractivity contribution < 1.29 is 14.3 Å². The molecule has 1 amide bonds. The molecule has 1 fully saturated rings. The van der Waals surface area contributed by atoms with Gasteiger partial charge in [0.2, 0.25) is 11.6 Å². The molecule has 10 heteroatoms. The molecule has 2 aliphatic heterocycles. The molecule has 0 bridgehead atoms. The van der Waals surface area contributed by atoms with Crippen LogP contribution >= 0.6 is 0 Å². The fourth-order valence-electron chi connectivity index (χ4n) is 2.76. The third-order valence-corrected chi connectivity index (χ3v) is 3.61. The number of fused-ring (bicyclic) bond motifs is 1. The minimum atomic E-state index is -1.85. The van der Waals surface area contributed by atoms with E-state index in [1.165, 1.54) is 4.90 Å². The van der Waals surface area contributed by atoms with E-state index in [4.69, 9.17) is 15.8 Å². The van der Waals surface area contributed by atoms with E-state index in [1.54, 1.807) is 26.8 Å². The summed E-state index contributed by atoms with van der Waals surface area (Å²) in [6.07, 6.45) is 2.05. The number of carbonyl (C=O) groups is 2. The van der Waals surface area contributed by atoms with E-state index in [-0.39, 0.29) is 11.6 Å². The predicted molar refractivity (Wildman–Crippen MR) is 79.4 cm³/mol. The summed E-state index contributed by atoms with van der Waals surface area (Å²) in [4.78, 5) is 31.2. The summed E-state index contributed by atoms with van der Waals surface area (Å²) in [6.45, 7) is 7.01. The fourth-order valence-corrected chi connectivity index (χ4v) is 2.76. The van der Waals surface area contributed by atoms with E-state index in [9.17, 15) is 9.59 Å². The second-order valence-corrected chi connectivity index (χ2v) is 6.56. The van der Waals surface area contributed by atoms with Gasteiger partial charge in [0.1, 0.15) is 11.3 Å². The highest BCUT2D eigenvalue weighted by molar-refractivity contribution is 6.03. The van der Waals surface area contributed by atoms with E-state index >= 15 is 0 Å². The predicted octanol–water partition coefficient (Wildman–Crippen LogP) is 2.78. The van der Waals surface area contributed by atoms with Gasteiger partial charge in [-0.3, -0.25) is 4.79 Å². The molecule has 0 aliphatic carbocycles. The molecule has 2 atom stereocenters. The molecule has 10 nitrogen and oxygen atoms in total. The van der Waals surface area contributed by atoms with Crippen molar-refractivity contribution in [2.75, 3.05) is 0 Å². The molecule has 0 radical (unpaired) electrons. The summed E-state index contributed by atoms with van der Waals surface area (Å²) in [5.41, 5.74) is 14.9. The number of allylic oxidation sites excluding steroid dienone is 1. The summed E-state index contributed by atoms with van der Waals surface area (Å²) < 4.78 is 5.31. The second-order valence-electron chi connectivity index (χ2n) is 6.56. The van der Waals surface area contributed by atoms with Gasteiger partial charge in [0, 0.05) is 9.82 Å². The minimum Gasteiger partial charge on any atom is -0.455 e. The first-order chi connectivity index (χ1) is 10.7. The van der Waals surface area contributed by atoms with E-state index in [2.05, 4.69) is 20.1 Å². The van der Waals surface area contributed by atoms with Crippen molar-refractivity contribution in [1.82, 2.24) is 4.90 Å². The van der Waals surface area contributed by atoms with Gasteiger partial charge < -0.3 is 9.64 Å². The number of azide groups is 1. The van der Waals surface area contributed by atoms with Gasteiger partial charge >= 0.3 is 5.97 Å². The quantitative estimate of drug-likeness (QED) is 0.259. The number of carbonyl (C=O) groups excluding carboxylic acids is 2. The van der Waals surface area contributed by atoms with Crippen LogP contribution < -0.4 is 0 Å². The van der Waals surface area contributed by atoms with Crippen LogP contribution in [-0.4, -0.2) is 34.1 Å². The van der Waals surface area contributed by atoms with Gasteiger partial charge in [-0.15, -0.1) is 0 Å². The Balaban J connectivity index is 2.40. The molecule has 0 spiro atoms. The molecule has 2 rings (SSSR count). The normalized spacial score (nSPS) is 29.3. The van der Waals surface area contributed by atoms with Gasteiger partial charge in [-0.05, 0) is 44.2 Å². The lowest BCUT2D eigenvalue weighted by atomic mass is 9.78. The third-order valence-electron chi connectivity index (χ3n) is 3.61. The zero-order chi connectivity index (χ0) is 17.4. The SMILES string of the molecule is C[C@@H]1C=C(C(=O)OC(C)(C)C)N2C(=O)C(N=[N+]=[N-])(N=[N+]=[N-])[C@H]2C1. The summed E-state index contributed by atoms with van der Waals surface area (Å²) in [5.74, 6) is -1.44. The first-order valence-electron chi connectivity index (χ1n) is 7.07. The second kappa shape index (κ2) is 5.49. The Morgan fingerprint density at radius 2 is 1.96 bits per heavy atom. The Bertz CT molecular complexity index is 662. The van der Waals surface area contributed by atoms with Crippen molar-refractivity contribution in [2.24, 2.45) is 16.1 Å². The highest BCUT2D eigenvalue weighted by Gasteiger charge is 2.63. The highest BCUT2D eigenvalue weighted by atomic mass is 16.6. The molecule has 0 aromatic heterocycles. The Labute approximate surface area is 132 Å². The molecule has 0 saturated carbocycles. The van der Waals surface area contributed by atoms with Gasteiger partial charge in [0.25, 0.3) is 0 Å². The topological polar surface area (TPSA) is 144 Å². The summed E-state index contributed by atoms with van der Waals surface area (Å²) in [5, 5.41) is 6.82. The fraction of sp³-hybridized carbons (Fsp3) is 0.692. The van der Waals surface area contributed by atoms with Crippen LogP contribution in [0, 0.1) is 5.92 Å². The van der Waals surface area contributed by atoms with Crippen molar-refractivity contribution in [3.8, 4) is 0 Å². The van der Waals surface area contributed by atoms with E-state index < -0.39 is 29.2 Å². The van der Waals surface area contributed by atoms with Crippen molar-refractivity contribution in [2.45, 2.75) is 51.4 Å². The maximum absolute atomic E-state index is 12.4. The Kier molecular flexibility index (Phi) is 3.98. The van der Waals surface area contributed by atoms with Crippen molar-refractivity contribution in [1.29, 1.82) is 0 Å². The molecule has 23 heavy (non-hydrogen) atoms. The lowest BCUT2D eigenvalue weighted by molar-refractivity contribution is -0.167.